The van der Waals surface area contributed by atoms with Gasteiger partial charge in [-0.25, -0.2) is 0 Å². The summed E-state index contributed by atoms with van der Waals surface area (Å²) in [5.74, 6) is 0.0995. The molecule has 2 heteroatoms. The lowest BCUT2D eigenvalue weighted by Crippen LogP contribution is -2.17. The van der Waals surface area contributed by atoms with Crippen LogP contribution in [-0.4, -0.2) is 5.78 Å². The van der Waals surface area contributed by atoms with Gasteiger partial charge in [0.05, 0.1) is 0 Å². The highest BCUT2D eigenvalue weighted by Crippen LogP contribution is 2.19. The smallest absolute Gasteiger partial charge is 0.161 e. The second kappa shape index (κ2) is 4.63. The van der Waals surface area contributed by atoms with Crippen LogP contribution in [0.4, 0.5) is 0 Å². The molecule has 0 amide bonds. The third kappa shape index (κ3) is 3.52. The third-order valence-electron chi connectivity index (χ3n) is 2.06. The van der Waals surface area contributed by atoms with Crippen LogP contribution in [0.15, 0.2) is 30.3 Å². The average molecular weight is 223 g/mol. The molecular formula is C13H15ClO. The Morgan fingerprint density at radius 3 is 2.40 bits per heavy atom. The number of hydrogen-bond donors (Lipinski definition) is 0. The van der Waals surface area contributed by atoms with Gasteiger partial charge in [-0.1, -0.05) is 50.6 Å². The number of halogens is 1. The molecular weight excluding hydrogens is 208 g/mol. The molecule has 1 aromatic rings. The summed E-state index contributed by atoms with van der Waals surface area (Å²) in [5, 5.41) is 0.662. The van der Waals surface area contributed by atoms with Gasteiger partial charge in [0.2, 0.25) is 0 Å². The highest BCUT2D eigenvalue weighted by molar-refractivity contribution is 6.32. The van der Waals surface area contributed by atoms with Crippen molar-refractivity contribution in [2.45, 2.75) is 20.8 Å². The normalized spacial score (nSPS) is 12.0. The lowest BCUT2D eigenvalue weighted by Gasteiger charge is -2.12. The fourth-order valence-corrected chi connectivity index (χ4v) is 1.22. The number of allylic oxidation sites excluding steroid dienone is 1. The van der Waals surface area contributed by atoms with E-state index in [1.54, 1.807) is 12.2 Å². The lowest BCUT2D eigenvalue weighted by molar-refractivity contribution is -0.121. The Bertz CT molecular complexity index is 386. The molecule has 1 rings (SSSR count). The Morgan fingerprint density at radius 1 is 1.27 bits per heavy atom. The molecule has 0 spiro atoms. The van der Waals surface area contributed by atoms with Crippen LogP contribution in [0.25, 0.3) is 6.08 Å². The largest absolute Gasteiger partial charge is 0.294 e. The lowest BCUT2D eigenvalue weighted by atomic mass is 9.90. The van der Waals surface area contributed by atoms with Crippen LogP contribution >= 0.6 is 11.6 Å². The van der Waals surface area contributed by atoms with Crippen molar-refractivity contribution >= 4 is 23.5 Å². The van der Waals surface area contributed by atoms with E-state index in [9.17, 15) is 4.79 Å². The molecule has 0 unspecified atom stereocenters. The molecule has 0 N–H and O–H groups in total. The second-order valence-corrected chi connectivity index (χ2v) is 4.88. The summed E-state index contributed by atoms with van der Waals surface area (Å²) in [6.07, 6.45) is 3.34. The number of benzene rings is 1. The van der Waals surface area contributed by atoms with Crippen LogP contribution < -0.4 is 0 Å². The summed E-state index contributed by atoms with van der Waals surface area (Å²) in [4.78, 5) is 11.6. The minimum absolute atomic E-state index is 0.0995. The maximum absolute atomic E-state index is 11.6. The summed E-state index contributed by atoms with van der Waals surface area (Å²) in [6, 6.07) is 7.45. The predicted octanol–water partition coefficient (Wildman–Crippen LogP) is 3.97. The van der Waals surface area contributed by atoms with Gasteiger partial charge in [0.15, 0.2) is 5.78 Å². The van der Waals surface area contributed by atoms with E-state index in [1.165, 1.54) is 0 Å². The maximum atomic E-state index is 11.6. The van der Waals surface area contributed by atoms with E-state index in [0.29, 0.717) is 5.02 Å². The van der Waals surface area contributed by atoms with E-state index in [-0.39, 0.29) is 11.2 Å². The van der Waals surface area contributed by atoms with Crippen LogP contribution in [0.2, 0.25) is 5.02 Å². The molecule has 0 aliphatic rings. The SMILES string of the molecule is CC(C)(C)C(=O)/C=C/c1ccccc1Cl. The van der Waals surface area contributed by atoms with Crippen molar-refractivity contribution in [1.29, 1.82) is 0 Å². The number of hydrogen-bond acceptors (Lipinski definition) is 1. The molecule has 0 atom stereocenters. The van der Waals surface area contributed by atoms with Crippen molar-refractivity contribution in [3.63, 3.8) is 0 Å². The fourth-order valence-electron chi connectivity index (χ4n) is 1.03. The summed E-state index contributed by atoms with van der Waals surface area (Å²) in [6.45, 7) is 5.69. The first-order chi connectivity index (χ1) is 6.91. The molecule has 0 aromatic heterocycles. The van der Waals surface area contributed by atoms with Gasteiger partial charge < -0.3 is 0 Å². The summed E-state index contributed by atoms with van der Waals surface area (Å²) in [7, 11) is 0. The molecule has 0 fully saturated rings. The molecule has 0 bridgehead atoms. The first-order valence-electron chi connectivity index (χ1n) is 4.88. The topological polar surface area (TPSA) is 17.1 Å². The van der Waals surface area contributed by atoms with Crippen LogP contribution in [0.5, 0.6) is 0 Å². The number of carbonyl (C=O) groups is 1. The van der Waals surface area contributed by atoms with Crippen molar-refractivity contribution in [2.75, 3.05) is 0 Å². The van der Waals surface area contributed by atoms with Gasteiger partial charge in [-0.05, 0) is 23.8 Å². The van der Waals surface area contributed by atoms with Crippen molar-refractivity contribution in [3.8, 4) is 0 Å². The first-order valence-corrected chi connectivity index (χ1v) is 5.26. The molecule has 0 heterocycles. The summed E-state index contributed by atoms with van der Waals surface area (Å²) < 4.78 is 0. The molecule has 80 valence electrons. The summed E-state index contributed by atoms with van der Waals surface area (Å²) >= 11 is 5.96. The molecule has 1 aromatic carbocycles. The standard InChI is InChI=1S/C13H15ClO/c1-13(2,3)12(15)9-8-10-6-4-5-7-11(10)14/h4-9H,1-3H3/b9-8+. The second-order valence-electron chi connectivity index (χ2n) is 4.47. The van der Waals surface area contributed by atoms with Gasteiger partial charge in [-0.2, -0.15) is 0 Å². The zero-order valence-electron chi connectivity index (χ0n) is 9.25. The first kappa shape index (κ1) is 12.0. The fraction of sp³-hybridized carbons (Fsp3) is 0.308. The quantitative estimate of drug-likeness (QED) is 0.692. The van der Waals surface area contributed by atoms with Gasteiger partial charge in [-0.3, -0.25) is 4.79 Å². The van der Waals surface area contributed by atoms with Crippen LogP contribution in [0.1, 0.15) is 26.3 Å². The zero-order chi connectivity index (χ0) is 11.5. The highest BCUT2D eigenvalue weighted by Gasteiger charge is 2.17. The van der Waals surface area contributed by atoms with Gasteiger partial charge in [0.1, 0.15) is 0 Å². The monoisotopic (exact) mass is 222 g/mol. The predicted molar refractivity (Wildman–Crippen MR) is 64.9 cm³/mol. The average Bonchev–Trinajstić information content (AvgIpc) is 2.14. The van der Waals surface area contributed by atoms with Gasteiger partial charge in [0, 0.05) is 10.4 Å². The highest BCUT2D eigenvalue weighted by atomic mass is 35.5. The minimum Gasteiger partial charge on any atom is -0.294 e. The van der Waals surface area contributed by atoms with E-state index in [4.69, 9.17) is 11.6 Å². The Balaban J connectivity index is 2.84. The molecule has 0 saturated heterocycles. The van der Waals surface area contributed by atoms with E-state index >= 15 is 0 Å². The number of carbonyl (C=O) groups excluding carboxylic acids is 1. The van der Waals surface area contributed by atoms with Crippen molar-refractivity contribution in [3.05, 3.63) is 40.9 Å². The number of ketones is 1. The molecule has 0 saturated carbocycles. The molecule has 0 aliphatic heterocycles. The van der Waals surface area contributed by atoms with Crippen molar-refractivity contribution < 1.29 is 4.79 Å². The van der Waals surface area contributed by atoms with Gasteiger partial charge in [0.25, 0.3) is 0 Å². The molecule has 0 aliphatic carbocycles. The van der Waals surface area contributed by atoms with Crippen LogP contribution in [0.3, 0.4) is 0 Å². The Hall–Kier alpha value is -1.08. The number of rotatable bonds is 2. The van der Waals surface area contributed by atoms with Crippen molar-refractivity contribution in [1.82, 2.24) is 0 Å². The Kier molecular flexibility index (Phi) is 3.70. The molecule has 15 heavy (non-hydrogen) atoms. The van der Waals surface area contributed by atoms with E-state index in [1.807, 2.05) is 45.0 Å². The zero-order valence-corrected chi connectivity index (χ0v) is 10.0. The minimum atomic E-state index is -0.336. The van der Waals surface area contributed by atoms with Crippen LogP contribution in [-0.2, 0) is 4.79 Å². The van der Waals surface area contributed by atoms with E-state index < -0.39 is 0 Å². The summed E-state index contributed by atoms with van der Waals surface area (Å²) in [5.41, 5.74) is 0.536. The maximum Gasteiger partial charge on any atom is 0.161 e. The van der Waals surface area contributed by atoms with Gasteiger partial charge in [-0.15, -0.1) is 0 Å². The molecule has 1 nitrogen and oxygen atoms in total. The van der Waals surface area contributed by atoms with Crippen molar-refractivity contribution in [2.24, 2.45) is 5.41 Å². The Labute approximate surface area is 95.8 Å². The van der Waals surface area contributed by atoms with Gasteiger partial charge >= 0.3 is 0 Å². The molecule has 0 radical (unpaired) electrons. The van der Waals surface area contributed by atoms with E-state index in [0.717, 1.165) is 5.56 Å². The van der Waals surface area contributed by atoms with E-state index in [2.05, 4.69) is 0 Å². The van der Waals surface area contributed by atoms with Crippen LogP contribution in [0, 0.1) is 5.41 Å². The Morgan fingerprint density at radius 2 is 1.87 bits per heavy atom. The third-order valence-corrected chi connectivity index (χ3v) is 2.40.